The number of allylic oxidation sites excluding steroid dienone is 2. The molecule has 0 saturated carbocycles. The molecule has 1 atom stereocenters. The molecule has 0 aliphatic heterocycles. The van der Waals surface area contributed by atoms with Gasteiger partial charge in [0.1, 0.15) is 6.29 Å². The third kappa shape index (κ3) is 5.02. The summed E-state index contributed by atoms with van der Waals surface area (Å²) in [6.45, 7) is 0. The number of carbonyl (C=O) groups is 1. The molecule has 0 amide bonds. The molecule has 88 valence electrons. The molecule has 0 radical (unpaired) electrons. The summed E-state index contributed by atoms with van der Waals surface area (Å²) < 4.78 is 26.5. The second-order valence-corrected chi connectivity index (χ2v) is 3.46. The van der Waals surface area contributed by atoms with Crippen molar-refractivity contribution in [2.24, 2.45) is 11.7 Å². The van der Waals surface area contributed by atoms with Crippen molar-refractivity contribution in [1.82, 2.24) is 0 Å². The van der Waals surface area contributed by atoms with Crippen molar-refractivity contribution in [2.45, 2.75) is 38.0 Å². The number of carbonyl (C=O) groups excluding carboxylic acids is 1. The van der Waals surface area contributed by atoms with Crippen LogP contribution in [-0.2, 0) is 4.79 Å². The van der Waals surface area contributed by atoms with E-state index in [0.29, 0.717) is 12.7 Å². The number of aldehydes is 1. The Morgan fingerprint density at radius 1 is 1.47 bits per heavy atom. The maximum Gasteiger partial charge on any atom is 0.269 e. The molecular formula is C11H19F2NO. The van der Waals surface area contributed by atoms with Crippen molar-refractivity contribution in [3.63, 3.8) is 0 Å². The molecule has 1 aliphatic rings. The third-order valence-corrected chi connectivity index (χ3v) is 2.44. The quantitative estimate of drug-likeness (QED) is 0.573. The fraction of sp³-hybridized carbons (Fsp3) is 0.727. The second-order valence-electron chi connectivity index (χ2n) is 3.46. The summed E-state index contributed by atoms with van der Waals surface area (Å²) >= 11 is 0. The lowest BCUT2D eigenvalue weighted by molar-refractivity contribution is -0.111. The highest BCUT2D eigenvalue weighted by atomic mass is 19.3. The highest BCUT2D eigenvalue weighted by Crippen LogP contribution is 2.34. The summed E-state index contributed by atoms with van der Waals surface area (Å²) in [5, 5.41) is 0. The molecule has 0 aromatic carbocycles. The molecule has 0 saturated heterocycles. The number of hydrogen-bond acceptors (Lipinski definition) is 2. The first kappa shape index (κ1) is 14.2. The molecule has 0 fully saturated rings. The Morgan fingerprint density at radius 2 is 2.13 bits per heavy atom. The summed E-state index contributed by atoms with van der Waals surface area (Å²) in [4.78, 5) is 10.2. The Balaban J connectivity index is 0.000000921. The minimum absolute atomic E-state index is 0.0304. The van der Waals surface area contributed by atoms with E-state index >= 15 is 0 Å². The molecule has 2 nitrogen and oxygen atoms in total. The minimum Gasteiger partial charge on any atom is -0.333 e. The van der Waals surface area contributed by atoms with Gasteiger partial charge in [0.15, 0.2) is 0 Å². The molecule has 0 spiro atoms. The molecule has 0 aromatic heterocycles. The monoisotopic (exact) mass is 219 g/mol. The van der Waals surface area contributed by atoms with Gasteiger partial charge in [0, 0.05) is 12.3 Å². The Morgan fingerprint density at radius 3 is 2.73 bits per heavy atom. The zero-order valence-corrected chi connectivity index (χ0v) is 9.09. The summed E-state index contributed by atoms with van der Waals surface area (Å²) in [7, 11) is 1.50. The van der Waals surface area contributed by atoms with Gasteiger partial charge in [-0.1, -0.05) is 12.5 Å². The highest BCUT2D eigenvalue weighted by molar-refractivity contribution is 5.50. The van der Waals surface area contributed by atoms with E-state index in [9.17, 15) is 13.6 Å². The maximum absolute atomic E-state index is 13.3. The third-order valence-electron chi connectivity index (χ3n) is 2.44. The van der Waals surface area contributed by atoms with E-state index in [2.05, 4.69) is 5.73 Å². The van der Waals surface area contributed by atoms with Crippen LogP contribution >= 0.6 is 0 Å². The molecule has 0 heterocycles. The lowest BCUT2D eigenvalue weighted by atomic mass is 9.89. The molecule has 4 heteroatoms. The fourth-order valence-electron chi connectivity index (χ4n) is 1.61. The van der Waals surface area contributed by atoms with Crippen molar-refractivity contribution in [2.75, 3.05) is 7.05 Å². The van der Waals surface area contributed by atoms with Crippen LogP contribution in [0, 0.1) is 5.92 Å². The van der Waals surface area contributed by atoms with Crippen LogP contribution < -0.4 is 5.73 Å². The van der Waals surface area contributed by atoms with Crippen molar-refractivity contribution >= 4 is 6.29 Å². The van der Waals surface area contributed by atoms with Crippen molar-refractivity contribution in [1.29, 1.82) is 0 Å². The number of alkyl halides is 2. The van der Waals surface area contributed by atoms with E-state index in [1.807, 2.05) is 0 Å². The number of rotatable bonds is 2. The van der Waals surface area contributed by atoms with Gasteiger partial charge in [-0.15, -0.1) is 0 Å². The standard InChI is InChI=1S/C10H14F2O.CH5N/c11-10(12)7-4-2-1-3-5-9(10)6-8-13;1-2/h4,7-9H,1-3,5-6H2;2H2,1H3/b7-4-;. The van der Waals surface area contributed by atoms with Crippen LogP contribution in [0.1, 0.15) is 32.1 Å². The van der Waals surface area contributed by atoms with Crippen molar-refractivity contribution in [3.8, 4) is 0 Å². The van der Waals surface area contributed by atoms with Gasteiger partial charge in [-0.05, 0) is 32.4 Å². The lowest BCUT2D eigenvalue weighted by Gasteiger charge is -2.23. The molecule has 0 aromatic rings. The van der Waals surface area contributed by atoms with Gasteiger partial charge in [-0.2, -0.15) is 0 Å². The van der Waals surface area contributed by atoms with Crippen molar-refractivity contribution < 1.29 is 13.6 Å². The Kier molecular flexibility index (Phi) is 7.13. The van der Waals surface area contributed by atoms with Crippen LogP contribution in [0.3, 0.4) is 0 Å². The van der Waals surface area contributed by atoms with Crippen LogP contribution in [0.25, 0.3) is 0 Å². The average Bonchev–Trinajstić information content (AvgIpc) is 2.22. The predicted molar refractivity (Wildman–Crippen MR) is 56.8 cm³/mol. The Hall–Kier alpha value is -0.770. The summed E-state index contributed by atoms with van der Waals surface area (Å²) in [5.41, 5.74) is 4.50. The zero-order chi connectivity index (χ0) is 11.7. The molecule has 2 N–H and O–H groups in total. The van der Waals surface area contributed by atoms with Crippen LogP contribution in [0.2, 0.25) is 0 Å². The summed E-state index contributed by atoms with van der Waals surface area (Å²) in [6.07, 6.45) is 5.96. The molecule has 15 heavy (non-hydrogen) atoms. The van der Waals surface area contributed by atoms with E-state index in [0.717, 1.165) is 25.3 Å². The highest BCUT2D eigenvalue weighted by Gasteiger charge is 2.36. The smallest absolute Gasteiger partial charge is 0.269 e. The van der Waals surface area contributed by atoms with Gasteiger partial charge in [0.25, 0.3) is 5.92 Å². The van der Waals surface area contributed by atoms with E-state index in [4.69, 9.17) is 0 Å². The van der Waals surface area contributed by atoms with E-state index in [1.165, 1.54) is 13.1 Å². The van der Waals surface area contributed by atoms with Gasteiger partial charge < -0.3 is 10.5 Å². The van der Waals surface area contributed by atoms with E-state index < -0.39 is 11.8 Å². The largest absolute Gasteiger partial charge is 0.333 e. The first-order valence-electron chi connectivity index (χ1n) is 5.23. The predicted octanol–water partition coefficient (Wildman–Crippen LogP) is 2.53. The first-order chi connectivity index (χ1) is 7.17. The summed E-state index contributed by atoms with van der Waals surface area (Å²) in [5.74, 6) is -3.58. The topological polar surface area (TPSA) is 43.1 Å². The van der Waals surface area contributed by atoms with Gasteiger partial charge >= 0.3 is 0 Å². The lowest BCUT2D eigenvalue weighted by Crippen LogP contribution is -2.27. The summed E-state index contributed by atoms with van der Waals surface area (Å²) in [6, 6.07) is 0. The normalized spacial score (nSPS) is 26.5. The fourth-order valence-corrected chi connectivity index (χ4v) is 1.61. The SMILES string of the molecule is CN.O=CCC1CCCC/C=C\C1(F)F. The molecular weight excluding hydrogens is 200 g/mol. The van der Waals surface area contributed by atoms with E-state index in [1.54, 1.807) is 0 Å². The van der Waals surface area contributed by atoms with Crippen molar-refractivity contribution in [3.05, 3.63) is 12.2 Å². The number of halogens is 2. The zero-order valence-electron chi connectivity index (χ0n) is 9.09. The second kappa shape index (κ2) is 7.51. The Labute approximate surface area is 89.5 Å². The van der Waals surface area contributed by atoms with Crippen LogP contribution in [0.5, 0.6) is 0 Å². The minimum atomic E-state index is -2.79. The van der Waals surface area contributed by atoms with E-state index in [-0.39, 0.29) is 6.42 Å². The van der Waals surface area contributed by atoms with Gasteiger partial charge in [0.05, 0.1) is 0 Å². The molecule has 1 aliphatic carbocycles. The Bertz CT molecular complexity index is 205. The number of nitrogens with two attached hydrogens (primary N) is 1. The van der Waals surface area contributed by atoms with Gasteiger partial charge in [0.2, 0.25) is 0 Å². The van der Waals surface area contributed by atoms with Gasteiger partial charge in [-0.25, -0.2) is 8.78 Å². The van der Waals surface area contributed by atoms with Crippen LogP contribution in [0.4, 0.5) is 8.78 Å². The average molecular weight is 219 g/mol. The van der Waals surface area contributed by atoms with Gasteiger partial charge in [-0.3, -0.25) is 0 Å². The molecule has 0 bridgehead atoms. The molecule has 1 unspecified atom stereocenters. The number of hydrogen-bond donors (Lipinski definition) is 1. The van der Waals surface area contributed by atoms with Crippen LogP contribution in [0.15, 0.2) is 12.2 Å². The van der Waals surface area contributed by atoms with Crippen LogP contribution in [-0.4, -0.2) is 19.3 Å². The maximum atomic E-state index is 13.3. The first-order valence-corrected chi connectivity index (χ1v) is 5.23. The molecule has 1 rings (SSSR count).